The van der Waals surface area contributed by atoms with Gasteiger partial charge in [-0.1, -0.05) is 6.42 Å². The Morgan fingerprint density at radius 3 is 2.88 bits per heavy atom. The van der Waals surface area contributed by atoms with Crippen molar-refractivity contribution in [3.05, 3.63) is 18.2 Å². The first-order chi connectivity index (χ1) is 11.6. The van der Waals surface area contributed by atoms with Crippen LogP contribution >= 0.6 is 0 Å². The van der Waals surface area contributed by atoms with E-state index in [0.717, 1.165) is 24.4 Å². The summed E-state index contributed by atoms with van der Waals surface area (Å²) in [6, 6.07) is 6.22. The van der Waals surface area contributed by atoms with Gasteiger partial charge in [0, 0.05) is 25.2 Å². The van der Waals surface area contributed by atoms with E-state index in [4.69, 9.17) is 15.2 Å². The average Bonchev–Trinajstić information content (AvgIpc) is 2.60. The summed E-state index contributed by atoms with van der Waals surface area (Å²) in [5.41, 5.74) is 6.75. The molecule has 0 saturated carbocycles. The van der Waals surface area contributed by atoms with E-state index < -0.39 is 0 Å². The molecule has 0 amide bonds. The van der Waals surface area contributed by atoms with Crippen LogP contribution in [0.5, 0.6) is 11.5 Å². The third-order valence-electron chi connectivity index (χ3n) is 4.50. The van der Waals surface area contributed by atoms with Crippen molar-refractivity contribution in [1.29, 1.82) is 0 Å². The number of anilines is 1. The van der Waals surface area contributed by atoms with Crippen molar-refractivity contribution in [1.82, 2.24) is 4.90 Å². The van der Waals surface area contributed by atoms with Gasteiger partial charge in [0.15, 0.2) is 5.96 Å². The number of nitrogens with one attached hydrogen (secondary N) is 1. The van der Waals surface area contributed by atoms with Crippen molar-refractivity contribution in [2.24, 2.45) is 10.7 Å². The van der Waals surface area contributed by atoms with Crippen LogP contribution in [-0.4, -0.2) is 50.8 Å². The van der Waals surface area contributed by atoms with E-state index in [1.807, 2.05) is 18.2 Å². The van der Waals surface area contributed by atoms with Crippen LogP contribution in [0, 0.1) is 0 Å². The van der Waals surface area contributed by atoms with Gasteiger partial charge in [-0.2, -0.15) is 0 Å². The van der Waals surface area contributed by atoms with Crippen molar-refractivity contribution < 1.29 is 9.47 Å². The van der Waals surface area contributed by atoms with Crippen LogP contribution in [0.15, 0.2) is 23.2 Å². The van der Waals surface area contributed by atoms with Crippen LogP contribution in [0.4, 0.5) is 5.69 Å². The molecule has 0 spiro atoms. The highest BCUT2D eigenvalue weighted by Crippen LogP contribution is 2.28. The van der Waals surface area contributed by atoms with Gasteiger partial charge in [-0.3, -0.25) is 4.99 Å². The molecule has 134 valence electrons. The lowest BCUT2D eigenvalue weighted by molar-refractivity contribution is 0.160. The van der Waals surface area contributed by atoms with Crippen LogP contribution in [0.2, 0.25) is 0 Å². The fourth-order valence-electron chi connectivity index (χ4n) is 3.05. The summed E-state index contributed by atoms with van der Waals surface area (Å²) in [4.78, 5) is 6.97. The summed E-state index contributed by atoms with van der Waals surface area (Å²) in [5, 5.41) is 3.09. The van der Waals surface area contributed by atoms with Crippen molar-refractivity contribution in [3.8, 4) is 11.5 Å². The molecule has 24 heavy (non-hydrogen) atoms. The van der Waals surface area contributed by atoms with Gasteiger partial charge >= 0.3 is 0 Å². The number of hydrogen-bond acceptors (Lipinski definition) is 4. The number of hydrogen-bond donors (Lipinski definition) is 2. The van der Waals surface area contributed by atoms with Crippen molar-refractivity contribution >= 4 is 11.6 Å². The van der Waals surface area contributed by atoms with Gasteiger partial charge in [-0.15, -0.1) is 0 Å². The van der Waals surface area contributed by atoms with E-state index >= 15 is 0 Å². The summed E-state index contributed by atoms with van der Waals surface area (Å²) in [6.45, 7) is 5.32. The highest BCUT2D eigenvalue weighted by atomic mass is 16.5. The SMILES string of the molecule is COc1ccc(OC)c(NC(N)=NCCCN2CCCCC2C)c1. The van der Waals surface area contributed by atoms with E-state index in [9.17, 15) is 0 Å². The lowest BCUT2D eigenvalue weighted by atomic mass is 10.0. The summed E-state index contributed by atoms with van der Waals surface area (Å²) in [7, 11) is 3.25. The van der Waals surface area contributed by atoms with Crippen LogP contribution in [0.1, 0.15) is 32.6 Å². The van der Waals surface area contributed by atoms with E-state index in [1.165, 1.54) is 25.8 Å². The van der Waals surface area contributed by atoms with E-state index in [0.29, 0.717) is 24.3 Å². The minimum Gasteiger partial charge on any atom is -0.497 e. The lowest BCUT2D eigenvalue weighted by Gasteiger charge is -2.33. The zero-order chi connectivity index (χ0) is 17.4. The number of aliphatic imine (C=N–C) groups is 1. The Kier molecular flexibility index (Phi) is 7.18. The summed E-state index contributed by atoms with van der Waals surface area (Å²) < 4.78 is 10.6. The van der Waals surface area contributed by atoms with Crippen molar-refractivity contribution in [2.75, 3.05) is 39.2 Å². The van der Waals surface area contributed by atoms with Gasteiger partial charge in [0.1, 0.15) is 11.5 Å². The Labute approximate surface area is 145 Å². The molecule has 2 rings (SSSR count). The highest BCUT2D eigenvalue weighted by Gasteiger charge is 2.16. The number of guanidine groups is 1. The Bertz CT molecular complexity index is 548. The molecule has 0 radical (unpaired) electrons. The highest BCUT2D eigenvalue weighted by molar-refractivity contribution is 5.93. The number of ether oxygens (including phenoxy) is 2. The normalized spacial score (nSPS) is 19.1. The molecular weight excluding hydrogens is 304 g/mol. The Morgan fingerprint density at radius 2 is 2.17 bits per heavy atom. The molecule has 0 aromatic heterocycles. The Balaban J connectivity index is 1.83. The third kappa shape index (κ3) is 5.30. The molecule has 0 aliphatic carbocycles. The average molecular weight is 334 g/mol. The largest absolute Gasteiger partial charge is 0.497 e. The smallest absolute Gasteiger partial charge is 0.193 e. The van der Waals surface area contributed by atoms with Crippen molar-refractivity contribution in [2.45, 2.75) is 38.6 Å². The fourth-order valence-corrected chi connectivity index (χ4v) is 3.05. The number of nitrogens with two attached hydrogens (primary N) is 1. The molecule has 1 aliphatic heterocycles. The quantitative estimate of drug-likeness (QED) is 0.456. The summed E-state index contributed by atoms with van der Waals surface area (Å²) in [5.74, 6) is 1.84. The Morgan fingerprint density at radius 1 is 1.33 bits per heavy atom. The summed E-state index contributed by atoms with van der Waals surface area (Å²) >= 11 is 0. The second kappa shape index (κ2) is 9.37. The zero-order valence-electron chi connectivity index (χ0n) is 15.0. The number of piperidine rings is 1. The molecule has 1 aromatic carbocycles. The van der Waals surface area contributed by atoms with Gasteiger partial charge in [0.25, 0.3) is 0 Å². The first kappa shape index (κ1) is 18.4. The van der Waals surface area contributed by atoms with Gasteiger partial charge in [0.2, 0.25) is 0 Å². The predicted octanol–water partition coefficient (Wildman–Crippen LogP) is 2.69. The van der Waals surface area contributed by atoms with E-state index in [-0.39, 0.29) is 0 Å². The molecule has 1 unspecified atom stereocenters. The molecular formula is C18H30N4O2. The van der Waals surface area contributed by atoms with Crippen LogP contribution in [0.3, 0.4) is 0 Å². The maximum Gasteiger partial charge on any atom is 0.193 e. The maximum absolute atomic E-state index is 6.00. The maximum atomic E-state index is 6.00. The minimum absolute atomic E-state index is 0.397. The first-order valence-electron chi connectivity index (χ1n) is 8.67. The second-order valence-corrected chi connectivity index (χ2v) is 6.19. The van der Waals surface area contributed by atoms with Gasteiger partial charge in [-0.25, -0.2) is 0 Å². The number of methoxy groups -OCH3 is 2. The second-order valence-electron chi connectivity index (χ2n) is 6.19. The molecule has 1 atom stereocenters. The van der Waals surface area contributed by atoms with Gasteiger partial charge in [-0.05, 0) is 44.9 Å². The standard InChI is InChI=1S/C18H30N4O2/c1-14-7-4-5-11-22(14)12-6-10-20-18(19)21-16-13-15(23-2)8-9-17(16)24-3/h8-9,13-14H,4-7,10-12H2,1-3H3,(H3,19,20,21). The predicted molar refractivity (Wildman–Crippen MR) is 99.2 cm³/mol. The van der Waals surface area contributed by atoms with Crippen molar-refractivity contribution in [3.63, 3.8) is 0 Å². The van der Waals surface area contributed by atoms with Crippen LogP contribution in [0.25, 0.3) is 0 Å². The molecule has 1 aliphatic rings. The van der Waals surface area contributed by atoms with Gasteiger partial charge < -0.3 is 25.4 Å². The number of benzene rings is 1. The van der Waals surface area contributed by atoms with E-state index in [2.05, 4.69) is 22.1 Å². The topological polar surface area (TPSA) is 72.1 Å². The molecule has 0 bridgehead atoms. The molecule has 1 heterocycles. The molecule has 6 nitrogen and oxygen atoms in total. The third-order valence-corrected chi connectivity index (χ3v) is 4.50. The Hall–Kier alpha value is -1.95. The number of rotatable bonds is 7. The first-order valence-corrected chi connectivity index (χ1v) is 8.67. The molecule has 6 heteroatoms. The lowest BCUT2D eigenvalue weighted by Crippen LogP contribution is -2.38. The summed E-state index contributed by atoms with van der Waals surface area (Å²) in [6.07, 6.45) is 4.99. The monoisotopic (exact) mass is 334 g/mol. The molecule has 1 saturated heterocycles. The molecule has 1 fully saturated rings. The van der Waals surface area contributed by atoms with Crippen LogP contribution in [-0.2, 0) is 0 Å². The zero-order valence-corrected chi connectivity index (χ0v) is 15.0. The molecule has 1 aromatic rings. The minimum atomic E-state index is 0.397. The molecule has 3 N–H and O–H groups in total. The number of likely N-dealkylation sites (tertiary alicyclic amines) is 1. The number of nitrogens with zero attached hydrogens (tertiary/aromatic N) is 2. The van der Waals surface area contributed by atoms with Crippen LogP contribution < -0.4 is 20.5 Å². The fraction of sp³-hybridized carbons (Fsp3) is 0.611. The van der Waals surface area contributed by atoms with E-state index in [1.54, 1.807) is 14.2 Å². The van der Waals surface area contributed by atoms with Gasteiger partial charge in [0.05, 0.1) is 19.9 Å².